The summed E-state index contributed by atoms with van der Waals surface area (Å²) in [5.74, 6) is -0.451. The molecule has 0 atom stereocenters. The second-order valence-corrected chi connectivity index (χ2v) is 7.49. The monoisotopic (exact) mass is 418 g/mol. The van der Waals surface area contributed by atoms with Crippen molar-refractivity contribution >= 4 is 12.0 Å². The van der Waals surface area contributed by atoms with Crippen LogP contribution in [0.1, 0.15) is 45.8 Å². The maximum Gasteiger partial charge on any atom is 0.359 e. The fourth-order valence-corrected chi connectivity index (χ4v) is 3.99. The SMILES string of the molecule is CCOC(=O)c1nn(C)c2c1CN(C(=O)NC(c1ccccc1)c1ccccc1)CC2. The Kier molecular flexibility index (Phi) is 6.02. The molecule has 0 saturated carbocycles. The fraction of sp³-hybridized carbons (Fsp3) is 0.292. The van der Waals surface area contributed by atoms with Crippen LogP contribution >= 0.6 is 0 Å². The third kappa shape index (κ3) is 4.30. The summed E-state index contributed by atoms with van der Waals surface area (Å²) in [6, 6.07) is 19.3. The van der Waals surface area contributed by atoms with Crippen LogP contribution in [0.25, 0.3) is 0 Å². The van der Waals surface area contributed by atoms with Gasteiger partial charge in [0.15, 0.2) is 5.69 Å². The first kappa shape index (κ1) is 20.7. The van der Waals surface area contributed by atoms with Gasteiger partial charge in [-0.25, -0.2) is 9.59 Å². The minimum Gasteiger partial charge on any atom is -0.461 e. The number of ether oxygens (including phenoxy) is 1. The van der Waals surface area contributed by atoms with Gasteiger partial charge in [-0.2, -0.15) is 5.10 Å². The van der Waals surface area contributed by atoms with Crippen molar-refractivity contribution < 1.29 is 14.3 Å². The summed E-state index contributed by atoms with van der Waals surface area (Å²) < 4.78 is 6.87. The van der Waals surface area contributed by atoms with E-state index in [4.69, 9.17) is 4.74 Å². The Morgan fingerprint density at radius 1 is 1.06 bits per heavy atom. The van der Waals surface area contributed by atoms with Crippen molar-refractivity contribution in [3.05, 3.63) is 88.7 Å². The number of hydrogen-bond donors (Lipinski definition) is 1. The van der Waals surface area contributed by atoms with E-state index in [1.54, 1.807) is 16.5 Å². The van der Waals surface area contributed by atoms with Crippen molar-refractivity contribution in [3.8, 4) is 0 Å². The number of rotatable bonds is 5. The third-order valence-corrected chi connectivity index (χ3v) is 5.53. The number of benzene rings is 2. The fourth-order valence-electron chi connectivity index (χ4n) is 3.99. The average molecular weight is 418 g/mol. The highest BCUT2D eigenvalue weighted by atomic mass is 16.5. The molecule has 3 aromatic rings. The first-order valence-corrected chi connectivity index (χ1v) is 10.5. The Balaban J connectivity index is 1.57. The van der Waals surface area contributed by atoms with Gasteiger partial charge in [0, 0.05) is 31.3 Å². The molecule has 1 N–H and O–H groups in total. The van der Waals surface area contributed by atoms with Crippen LogP contribution in [0, 0.1) is 0 Å². The van der Waals surface area contributed by atoms with Crippen LogP contribution < -0.4 is 5.32 Å². The van der Waals surface area contributed by atoms with Gasteiger partial charge < -0.3 is 15.0 Å². The number of fused-ring (bicyclic) bond motifs is 1. The van der Waals surface area contributed by atoms with Crippen molar-refractivity contribution in [1.29, 1.82) is 0 Å². The minimum atomic E-state index is -0.451. The summed E-state index contributed by atoms with van der Waals surface area (Å²) in [6.07, 6.45) is 0.632. The highest BCUT2D eigenvalue weighted by Gasteiger charge is 2.31. The molecule has 0 bridgehead atoms. The highest BCUT2D eigenvalue weighted by molar-refractivity contribution is 5.89. The molecule has 1 aromatic heterocycles. The molecule has 0 spiro atoms. The molecule has 31 heavy (non-hydrogen) atoms. The van der Waals surface area contributed by atoms with Crippen LogP contribution in [0.15, 0.2) is 60.7 Å². The molecule has 0 saturated heterocycles. The largest absolute Gasteiger partial charge is 0.461 e. The Hall–Kier alpha value is -3.61. The summed E-state index contributed by atoms with van der Waals surface area (Å²) in [7, 11) is 1.82. The number of esters is 1. The topological polar surface area (TPSA) is 76.5 Å². The van der Waals surface area contributed by atoms with Gasteiger partial charge in [0.1, 0.15) is 0 Å². The Morgan fingerprint density at radius 3 is 2.26 bits per heavy atom. The maximum absolute atomic E-state index is 13.3. The minimum absolute atomic E-state index is 0.179. The van der Waals surface area contributed by atoms with Crippen LogP contribution in [0.2, 0.25) is 0 Å². The van der Waals surface area contributed by atoms with Gasteiger partial charge in [-0.3, -0.25) is 4.68 Å². The van der Waals surface area contributed by atoms with Gasteiger partial charge in [0.05, 0.1) is 19.2 Å². The summed E-state index contributed by atoms with van der Waals surface area (Å²) in [5.41, 5.74) is 4.04. The standard InChI is InChI=1S/C24H26N4O3/c1-3-31-23(29)22-19-16-28(15-14-20(19)27(2)26-22)24(30)25-21(17-10-6-4-7-11-17)18-12-8-5-9-13-18/h4-13,21H,3,14-16H2,1-2H3,(H,25,30). The number of carbonyl (C=O) groups excluding carboxylic acids is 2. The summed E-state index contributed by atoms with van der Waals surface area (Å²) in [4.78, 5) is 27.3. The molecule has 0 aliphatic carbocycles. The zero-order chi connectivity index (χ0) is 21.8. The molecule has 4 rings (SSSR count). The number of urea groups is 1. The van der Waals surface area contributed by atoms with Crippen LogP contribution in [0.5, 0.6) is 0 Å². The van der Waals surface area contributed by atoms with Gasteiger partial charge in [-0.1, -0.05) is 60.7 Å². The molecule has 0 unspecified atom stereocenters. The molecular formula is C24H26N4O3. The molecule has 0 radical (unpaired) electrons. The molecule has 1 aliphatic rings. The molecular weight excluding hydrogens is 392 g/mol. The maximum atomic E-state index is 13.3. The number of hydrogen-bond acceptors (Lipinski definition) is 4. The molecule has 2 amide bonds. The first-order valence-electron chi connectivity index (χ1n) is 10.5. The molecule has 7 heteroatoms. The zero-order valence-electron chi connectivity index (χ0n) is 17.7. The van der Waals surface area contributed by atoms with Crippen molar-refractivity contribution in [2.45, 2.75) is 25.9 Å². The molecule has 1 aliphatic heterocycles. The predicted molar refractivity (Wildman–Crippen MR) is 117 cm³/mol. The number of aryl methyl sites for hydroxylation is 1. The van der Waals surface area contributed by atoms with Crippen LogP contribution in [0.4, 0.5) is 4.79 Å². The van der Waals surface area contributed by atoms with Crippen LogP contribution in [0.3, 0.4) is 0 Å². The van der Waals surface area contributed by atoms with Crippen LogP contribution in [-0.2, 0) is 24.8 Å². The van der Waals surface area contributed by atoms with Crippen LogP contribution in [-0.4, -0.2) is 39.8 Å². The summed E-state index contributed by atoms with van der Waals surface area (Å²) in [6.45, 7) is 2.92. The number of nitrogens with one attached hydrogen (secondary N) is 1. The third-order valence-electron chi connectivity index (χ3n) is 5.53. The lowest BCUT2D eigenvalue weighted by Crippen LogP contribution is -2.44. The van der Waals surface area contributed by atoms with E-state index in [1.165, 1.54) is 0 Å². The van der Waals surface area contributed by atoms with E-state index in [2.05, 4.69) is 10.4 Å². The molecule has 7 nitrogen and oxygen atoms in total. The normalized spacial score (nSPS) is 13.1. The van der Waals surface area contributed by atoms with E-state index in [-0.39, 0.29) is 18.7 Å². The Labute approximate surface area is 181 Å². The van der Waals surface area contributed by atoms with Gasteiger partial charge in [0.25, 0.3) is 0 Å². The Bertz CT molecular complexity index is 1020. The number of amides is 2. The van der Waals surface area contributed by atoms with Gasteiger partial charge in [0.2, 0.25) is 0 Å². The lowest BCUT2D eigenvalue weighted by molar-refractivity contribution is 0.0516. The molecule has 2 aromatic carbocycles. The lowest BCUT2D eigenvalue weighted by Gasteiger charge is -2.30. The second-order valence-electron chi connectivity index (χ2n) is 7.49. The lowest BCUT2D eigenvalue weighted by atomic mass is 9.99. The number of nitrogens with zero attached hydrogens (tertiary/aromatic N) is 3. The van der Waals surface area contributed by atoms with Crippen molar-refractivity contribution in [2.75, 3.05) is 13.2 Å². The predicted octanol–water partition coefficient (Wildman–Crippen LogP) is 3.45. The highest BCUT2D eigenvalue weighted by Crippen LogP contribution is 2.25. The second kappa shape index (κ2) is 9.04. The average Bonchev–Trinajstić information content (AvgIpc) is 3.14. The van der Waals surface area contributed by atoms with E-state index in [0.717, 1.165) is 22.4 Å². The molecule has 160 valence electrons. The van der Waals surface area contributed by atoms with Crippen molar-refractivity contribution in [2.24, 2.45) is 7.05 Å². The zero-order valence-corrected chi connectivity index (χ0v) is 17.7. The van der Waals surface area contributed by atoms with E-state index >= 15 is 0 Å². The molecule has 2 heterocycles. The van der Waals surface area contributed by atoms with E-state index < -0.39 is 5.97 Å². The van der Waals surface area contributed by atoms with Gasteiger partial charge in [-0.15, -0.1) is 0 Å². The van der Waals surface area contributed by atoms with Crippen molar-refractivity contribution in [1.82, 2.24) is 20.0 Å². The van der Waals surface area contributed by atoms with Gasteiger partial charge in [-0.05, 0) is 18.1 Å². The summed E-state index contributed by atoms with van der Waals surface area (Å²) in [5, 5.41) is 7.52. The van der Waals surface area contributed by atoms with Gasteiger partial charge >= 0.3 is 12.0 Å². The number of aromatic nitrogens is 2. The quantitative estimate of drug-likeness (QED) is 0.644. The number of carbonyl (C=O) groups is 2. The van der Waals surface area contributed by atoms with E-state index in [1.807, 2.05) is 67.7 Å². The van der Waals surface area contributed by atoms with E-state index in [9.17, 15) is 9.59 Å². The first-order chi connectivity index (χ1) is 15.1. The molecule has 0 fully saturated rings. The summed E-state index contributed by atoms with van der Waals surface area (Å²) >= 11 is 0. The van der Waals surface area contributed by atoms with E-state index in [0.29, 0.717) is 25.2 Å². The smallest absolute Gasteiger partial charge is 0.359 e. The Morgan fingerprint density at radius 2 is 1.68 bits per heavy atom. The van der Waals surface area contributed by atoms with Crippen molar-refractivity contribution in [3.63, 3.8) is 0 Å².